The Balaban J connectivity index is 2.58. The smallest absolute Gasteiger partial charge is 0.221 e. The Labute approximate surface area is 127 Å². The number of nitrogens with one attached hydrogen (secondary N) is 3. The van der Waals surface area contributed by atoms with Crippen LogP contribution in [0.2, 0.25) is 0 Å². The van der Waals surface area contributed by atoms with Crippen LogP contribution in [0.3, 0.4) is 0 Å². The van der Waals surface area contributed by atoms with E-state index in [-0.39, 0.29) is 5.91 Å². The molecule has 0 aliphatic rings. The number of carbonyl (C=O) groups excluding carboxylic acids is 1. The monoisotopic (exact) mass is 293 g/mol. The molecular formula is C15H27N5O. The first-order valence-corrected chi connectivity index (χ1v) is 7.68. The predicted molar refractivity (Wildman–Crippen MR) is 86.7 cm³/mol. The second kappa shape index (κ2) is 9.15. The Hall–Kier alpha value is -1.85. The first-order valence-electron chi connectivity index (χ1n) is 7.68. The number of carbonyl (C=O) groups is 1. The summed E-state index contributed by atoms with van der Waals surface area (Å²) in [5.74, 6) is 2.45. The lowest BCUT2D eigenvalue weighted by Gasteiger charge is -2.14. The maximum Gasteiger partial charge on any atom is 0.221 e. The molecule has 3 N–H and O–H groups in total. The Morgan fingerprint density at radius 2 is 1.52 bits per heavy atom. The van der Waals surface area contributed by atoms with Gasteiger partial charge in [-0.3, -0.25) is 4.79 Å². The third kappa shape index (κ3) is 5.97. The highest BCUT2D eigenvalue weighted by Gasteiger charge is 2.09. The summed E-state index contributed by atoms with van der Waals surface area (Å²) < 4.78 is 0. The van der Waals surface area contributed by atoms with Gasteiger partial charge in [0.05, 0.1) is 0 Å². The van der Waals surface area contributed by atoms with E-state index in [0.717, 1.165) is 49.0 Å². The van der Waals surface area contributed by atoms with Crippen molar-refractivity contribution in [3.05, 3.63) is 11.4 Å². The molecular weight excluding hydrogens is 266 g/mol. The summed E-state index contributed by atoms with van der Waals surface area (Å²) in [4.78, 5) is 20.4. The van der Waals surface area contributed by atoms with Crippen molar-refractivity contribution in [2.75, 3.05) is 30.3 Å². The van der Waals surface area contributed by atoms with Crippen LogP contribution in [0.25, 0.3) is 0 Å². The molecule has 6 nitrogen and oxygen atoms in total. The minimum absolute atomic E-state index is 0.0668. The van der Waals surface area contributed by atoms with Gasteiger partial charge < -0.3 is 16.0 Å². The van der Waals surface area contributed by atoms with Crippen LogP contribution in [0.15, 0.2) is 0 Å². The Morgan fingerprint density at radius 3 is 2.10 bits per heavy atom. The largest absolute Gasteiger partial charge is 0.370 e. The lowest BCUT2D eigenvalue weighted by atomic mass is 10.3. The standard InChI is InChI=1S/C15H27N5O/c1-5-8-16-13(21)7-10-18-15-11(3)14(17-9-6-2)19-12(4)20-15/h5-10H2,1-4H3,(H,16,21)(H2,17,18,19,20). The summed E-state index contributed by atoms with van der Waals surface area (Å²) in [6.07, 6.45) is 2.44. The van der Waals surface area contributed by atoms with Crippen LogP contribution in [-0.4, -0.2) is 35.5 Å². The summed E-state index contributed by atoms with van der Waals surface area (Å²) >= 11 is 0. The molecule has 0 atom stereocenters. The van der Waals surface area contributed by atoms with Crippen LogP contribution >= 0.6 is 0 Å². The molecule has 0 spiro atoms. The normalized spacial score (nSPS) is 10.3. The maximum atomic E-state index is 11.6. The van der Waals surface area contributed by atoms with E-state index in [1.54, 1.807) is 0 Å². The van der Waals surface area contributed by atoms with Gasteiger partial charge in [0, 0.05) is 31.6 Å². The summed E-state index contributed by atoms with van der Waals surface area (Å²) in [5.41, 5.74) is 0.989. The molecule has 1 rings (SSSR count). The summed E-state index contributed by atoms with van der Waals surface area (Å²) in [6.45, 7) is 10.2. The number of aromatic nitrogens is 2. The number of anilines is 2. The van der Waals surface area contributed by atoms with Crippen LogP contribution in [0, 0.1) is 13.8 Å². The number of aryl methyl sites for hydroxylation is 1. The Morgan fingerprint density at radius 1 is 0.952 bits per heavy atom. The van der Waals surface area contributed by atoms with Gasteiger partial charge >= 0.3 is 0 Å². The fraction of sp³-hybridized carbons (Fsp3) is 0.667. The number of hydrogen-bond acceptors (Lipinski definition) is 5. The zero-order valence-corrected chi connectivity index (χ0v) is 13.5. The van der Waals surface area contributed by atoms with Crippen LogP contribution in [0.1, 0.15) is 44.5 Å². The van der Waals surface area contributed by atoms with E-state index in [4.69, 9.17) is 0 Å². The fourth-order valence-corrected chi connectivity index (χ4v) is 1.86. The van der Waals surface area contributed by atoms with Gasteiger partial charge in [0.25, 0.3) is 0 Å². The molecule has 1 heterocycles. The van der Waals surface area contributed by atoms with E-state index in [1.807, 2.05) is 20.8 Å². The highest BCUT2D eigenvalue weighted by molar-refractivity contribution is 5.76. The van der Waals surface area contributed by atoms with E-state index in [9.17, 15) is 4.79 Å². The molecule has 118 valence electrons. The maximum absolute atomic E-state index is 11.6. The van der Waals surface area contributed by atoms with Crippen molar-refractivity contribution in [2.45, 2.75) is 47.0 Å². The van der Waals surface area contributed by atoms with Crippen molar-refractivity contribution in [1.82, 2.24) is 15.3 Å². The van der Waals surface area contributed by atoms with E-state index in [0.29, 0.717) is 13.0 Å². The van der Waals surface area contributed by atoms with Crippen molar-refractivity contribution in [3.8, 4) is 0 Å². The zero-order chi connectivity index (χ0) is 15.7. The fourth-order valence-electron chi connectivity index (χ4n) is 1.86. The van der Waals surface area contributed by atoms with Gasteiger partial charge in [-0.25, -0.2) is 9.97 Å². The molecule has 1 aromatic heterocycles. The van der Waals surface area contributed by atoms with E-state index >= 15 is 0 Å². The van der Waals surface area contributed by atoms with Gasteiger partial charge in [-0.05, 0) is 26.7 Å². The molecule has 0 unspecified atom stereocenters. The number of nitrogens with zero attached hydrogens (tertiary/aromatic N) is 2. The molecule has 0 saturated carbocycles. The third-order valence-electron chi connectivity index (χ3n) is 3.02. The number of hydrogen-bond donors (Lipinski definition) is 3. The number of amides is 1. The molecule has 0 aromatic carbocycles. The molecule has 0 saturated heterocycles. The summed E-state index contributed by atoms with van der Waals surface area (Å²) in [5, 5.41) is 9.39. The van der Waals surface area contributed by atoms with Crippen molar-refractivity contribution in [3.63, 3.8) is 0 Å². The molecule has 0 aliphatic carbocycles. The minimum Gasteiger partial charge on any atom is -0.370 e. The van der Waals surface area contributed by atoms with Crippen LogP contribution in [0.4, 0.5) is 11.6 Å². The van der Waals surface area contributed by atoms with Crippen LogP contribution in [0.5, 0.6) is 0 Å². The highest BCUT2D eigenvalue weighted by atomic mass is 16.1. The third-order valence-corrected chi connectivity index (χ3v) is 3.02. The molecule has 6 heteroatoms. The quantitative estimate of drug-likeness (QED) is 0.651. The Bertz CT molecular complexity index is 462. The van der Waals surface area contributed by atoms with Gasteiger partial charge in [-0.2, -0.15) is 0 Å². The second-order valence-electron chi connectivity index (χ2n) is 5.05. The molecule has 1 amide bonds. The lowest BCUT2D eigenvalue weighted by molar-refractivity contribution is -0.120. The molecule has 0 aliphatic heterocycles. The lowest BCUT2D eigenvalue weighted by Crippen LogP contribution is -2.26. The van der Waals surface area contributed by atoms with Gasteiger partial charge in [-0.1, -0.05) is 13.8 Å². The van der Waals surface area contributed by atoms with Crippen LogP contribution in [-0.2, 0) is 4.79 Å². The molecule has 0 radical (unpaired) electrons. The second-order valence-corrected chi connectivity index (χ2v) is 5.05. The van der Waals surface area contributed by atoms with Gasteiger partial charge in [-0.15, -0.1) is 0 Å². The summed E-state index contributed by atoms with van der Waals surface area (Å²) in [6, 6.07) is 0. The topological polar surface area (TPSA) is 78.9 Å². The van der Waals surface area contributed by atoms with Crippen molar-refractivity contribution in [2.24, 2.45) is 0 Å². The average Bonchev–Trinajstić information content (AvgIpc) is 2.46. The van der Waals surface area contributed by atoms with E-state index < -0.39 is 0 Å². The van der Waals surface area contributed by atoms with Crippen molar-refractivity contribution in [1.29, 1.82) is 0 Å². The predicted octanol–water partition coefficient (Wildman–Crippen LogP) is 2.24. The highest BCUT2D eigenvalue weighted by Crippen LogP contribution is 2.19. The van der Waals surface area contributed by atoms with Gasteiger partial charge in [0.15, 0.2) is 0 Å². The zero-order valence-electron chi connectivity index (χ0n) is 13.5. The molecule has 0 bridgehead atoms. The molecule has 0 fully saturated rings. The first kappa shape index (κ1) is 17.2. The van der Waals surface area contributed by atoms with E-state index in [1.165, 1.54) is 0 Å². The van der Waals surface area contributed by atoms with Gasteiger partial charge in [0.1, 0.15) is 17.5 Å². The van der Waals surface area contributed by atoms with Gasteiger partial charge in [0.2, 0.25) is 5.91 Å². The first-order chi connectivity index (χ1) is 10.1. The number of rotatable bonds is 9. The van der Waals surface area contributed by atoms with Crippen LogP contribution < -0.4 is 16.0 Å². The summed E-state index contributed by atoms with van der Waals surface area (Å²) in [7, 11) is 0. The SMILES string of the molecule is CCCNC(=O)CCNc1nc(C)nc(NCCC)c1C. The average molecular weight is 293 g/mol. The minimum atomic E-state index is 0.0668. The Kier molecular flexibility index (Phi) is 7.50. The molecule has 21 heavy (non-hydrogen) atoms. The van der Waals surface area contributed by atoms with Crippen molar-refractivity contribution < 1.29 is 4.79 Å². The van der Waals surface area contributed by atoms with Crippen molar-refractivity contribution >= 4 is 17.5 Å². The molecule has 1 aromatic rings. The van der Waals surface area contributed by atoms with E-state index in [2.05, 4.69) is 32.8 Å².